The zero-order valence-electron chi connectivity index (χ0n) is 11.9. The van der Waals surface area contributed by atoms with E-state index in [1.807, 2.05) is 0 Å². The topological polar surface area (TPSA) is 67.3 Å². The van der Waals surface area contributed by atoms with E-state index in [4.69, 9.17) is 4.74 Å². The molecule has 6 heteroatoms. The maximum absolute atomic E-state index is 11.6. The molecule has 1 aliphatic rings. The lowest BCUT2D eigenvalue weighted by Gasteiger charge is -2.33. The minimum absolute atomic E-state index is 0.111. The Hall–Kier alpha value is -1.85. The highest BCUT2D eigenvalue weighted by molar-refractivity contribution is 5.67. The third-order valence-electron chi connectivity index (χ3n) is 3.35. The number of hydrogen-bond acceptors (Lipinski definition) is 5. The van der Waals surface area contributed by atoms with E-state index in [0.29, 0.717) is 6.61 Å². The molecule has 0 aliphatic carbocycles. The summed E-state index contributed by atoms with van der Waals surface area (Å²) < 4.78 is 5.13. The van der Waals surface area contributed by atoms with Crippen LogP contribution in [0.5, 0.6) is 0 Å². The molecule has 1 fully saturated rings. The first kappa shape index (κ1) is 14.6. The summed E-state index contributed by atoms with van der Waals surface area (Å²) in [5.74, 6) is 0.860. The van der Waals surface area contributed by atoms with Gasteiger partial charge < -0.3 is 15.0 Å². The number of aromatic nitrogens is 2. The number of alkyl carbamates (subject to hydrolysis) is 1. The predicted molar refractivity (Wildman–Crippen MR) is 76.7 cm³/mol. The van der Waals surface area contributed by atoms with Gasteiger partial charge in [-0.1, -0.05) is 13.3 Å². The number of nitrogens with one attached hydrogen (secondary N) is 1. The van der Waals surface area contributed by atoms with Gasteiger partial charge in [0.1, 0.15) is 5.82 Å². The van der Waals surface area contributed by atoms with Crippen molar-refractivity contribution in [3.8, 4) is 0 Å². The lowest BCUT2D eigenvalue weighted by molar-refractivity contribution is 0.139. The molecule has 1 aliphatic heterocycles. The second-order valence-electron chi connectivity index (χ2n) is 4.98. The molecular weight excluding hydrogens is 256 g/mol. The summed E-state index contributed by atoms with van der Waals surface area (Å²) >= 11 is 0. The molecular formula is C14H22N4O2. The molecule has 0 unspecified atom stereocenters. The molecule has 0 radical (unpaired) electrons. The van der Waals surface area contributed by atoms with Crippen LogP contribution in [0.2, 0.25) is 0 Å². The second-order valence-corrected chi connectivity index (χ2v) is 4.98. The van der Waals surface area contributed by atoms with Crippen molar-refractivity contribution in [2.75, 3.05) is 24.6 Å². The van der Waals surface area contributed by atoms with E-state index in [9.17, 15) is 4.79 Å². The van der Waals surface area contributed by atoms with Gasteiger partial charge in [0.15, 0.2) is 0 Å². The van der Waals surface area contributed by atoms with Gasteiger partial charge in [-0.25, -0.2) is 9.78 Å². The van der Waals surface area contributed by atoms with Crippen molar-refractivity contribution < 1.29 is 9.53 Å². The summed E-state index contributed by atoms with van der Waals surface area (Å²) in [6, 6.07) is 0.111. The van der Waals surface area contributed by atoms with Gasteiger partial charge in [0.25, 0.3) is 0 Å². The number of nitrogens with zero attached hydrogens (tertiary/aromatic N) is 3. The van der Waals surface area contributed by atoms with Gasteiger partial charge in [0, 0.05) is 31.5 Å². The predicted octanol–water partition coefficient (Wildman–Crippen LogP) is 1.97. The largest absolute Gasteiger partial charge is 0.450 e. The highest BCUT2D eigenvalue weighted by Crippen LogP contribution is 2.16. The first-order valence-corrected chi connectivity index (χ1v) is 7.24. The molecule has 0 spiro atoms. The number of carbonyl (C=O) groups excluding carboxylic acids is 1. The van der Waals surface area contributed by atoms with Crippen LogP contribution in [0.15, 0.2) is 18.6 Å². The summed E-state index contributed by atoms with van der Waals surface area (Å²) in [5, 5.41) is 2.93. The van der Waals surface area contributed by atoms with Crippen LogP contribution in [0, 0.1) is 0 Å². The molecule has 1 aromatic rings. The molecule has 110 valence electrons. The molecule has 6 nitrogen and oxygen atoms in total. The zero-order chi connectivity index (χ0) is 14.2. The molecule has 0 saturated carbocycles. The number of rotatable bonds is 5. The van der Waals surface area contributed by atoms with Gasteiger partial charge in [-0.15, -0.1) is 0 Å². The summed E-state index contributed by atoms with van der Waals surface area (Å²) in [5.41, 5.74) is 0. The lowest BCUT2D eigenvalue weighted by atomic mass is 10.1. The van der Waals surface area contributed by atoms with Crippen LogP contribution in [0.25, 0.3) is 0 Å². The van der Waals surface area contributed by atoms with Gasteiger partial charge in [0.05, 0.1) is 12.8 Å². The van der Waals surface area contributed by atoms with Gasteiger partial charge in [-0.2, -0.15) is 0 Å². The van der Waals surface area contributed by atoms with Crippen molar-refractivity contribution in [1.82, 2.24) is 15.3 Å². The van der Waals surface area contributed by atoms with Crippen LogP contribution < -0.4 is 10.2 Å². The summed E-state index contributed by atoms with van der Waals surface area (Å²) in [6.45, 7) is 4.26. The van der Waals surface area contributed by atoms with Crippen molar-refractivity contribution in [3.63, 3.8) is 0 Å². The van der Waals surface area contributed by atoms with Crippen LogP contribution in [-0.2, 0) is 4.74 Å². The van der Waals surface area contributed by atoms with Crippen molar-refractivity contribution in [1.29, 1.82) is 0 Å². The first-order valence-electron chi connectivity index (χ1n) is 7.24. The summed E-state index contributed by atoms with van der Waals surface area (Å²) in [7, 11) is 0. The molecule has 1 aromatic heterocycles. The van der Waals surface area contributed by atoms with E-state index in [2.05, 4.69) is 27.1 Å². The number of carbonyl (C=O) groups is 1. The Morgan fingerprint density at radius 1 is 1.55 bits per heavy atom. The maximum Gasteiger partial charge on any atom is 0.407 e. The van der Waals surface area contributed by atoms with Crippen LogP contribution in [0.4, 0.5) is 10.6 Å². The van der Waals surface area contributed by atoms with Crippen molar-refractivity contribution in [3.05, 3.63) is 18.6 Å². The number of hydrogen-bond donors (Lipinski definition) is 1. The molecule has 2 heterocycles. The van der Waals surface area contributed by atoms with Crippen LogP contribution in [0.1, 0.15) is 32.6 Å². The Bertz CT molecular complexity index is 413. The minimum Gasteiger partial charge on any atom is -0.450 e. The molecule has 1 amide bonds. The van der Waals surface area contributed by atoms with Gasteiger partial charge in [-0.3, -0.25) is 4.98 Å². The Morgan fingerprint density at radius 3 is 3.20 bits per heavy atom. The van der Waals surface area contributed by atoms with E-state index in [-0.39, 0.29) is 12.1 Å². The molecule has 20 heavy (non-hydrogen) atoms. The van der Waals surface area contributed by atoms with Gasteiger partial charge in [0.2, 0.25) is 0 Å². The fourth-order valence-corrected chi connectivity index (χ4v) is 2.28. The lowest BCUT2D eigenvalue weighted by Crippen LogP contribution is -2.48. The van der Waals surface area contributed by atoms with E-state index < -0.39 is 0 Å². The molecule has 1 atom stereocenters. The van der Waals surface area contributed by atoms with Crippen LogP contribution >= 0.6 is 0 Å². The number of ether oxygens (including phenoxy) is 1. The maximum atomic E-state index is 11.6. The summed E-state index contributed by atoms with van der Waals surface area (Å²) in [4.78, 5) is 22.2. The molecule has 0 aromatic carbocycles. The molecule has 2 rings (SSSR count). The van der Waals surface area contributed by atoms with Gasteiger partial charge >= 0.3 is 6.09 Å². The van der Waals surface area contributed by atoms with Crippen LogP contribution in [0.3, 0.4) is 0 Å². The summed E-state index contributed by atoms with van der Waals surface area (Å²) in [6.07, 6.45) is 8.71. The van der Waals surface area contributed by atoms with Crippen molar-refractivity contribution in [2.45, 2.75) is 38.6 Å². The number of piperidine rings is 1. The van der Waals surface area contributed by atoms with E-state index in [0.717, 1.165) is 44.6 Å². The smallest absolute Gasteiger partial charge is 0.407 e. The Balaban J connectivity index is 1.80. The third-order valence-corrected chi connectivity index (χ3v) is 3.35. The average molecular weight is 278 g/mol. The third kappa shape index (κ3) is 4.36. The highest BCUT2D eigenvalue weighted by Gasteiger charge is 2.22. The average Bonchev–Trinajstić information content (AvgIpc) is 2.49. The van der Waals surface area contributed by atoms with Gasteiger partial charge in [-0.05, 0) is 19.3 Å². The van der Waals surface area contributed by atoms with Crippen molar-refractivity contribution >= 4 is 11.9 Å². The number of unbranched alkanes of at least 4 members (excludes halogenated alkanes) is 1. The standard InChI is InChI=1S/C14H22N4O2/c1-2-3-9-20-14(19)17-12-5-4-8-18(11-12)13-10-15-6-7-16-13/h6-7,10,12H,2-5,8-9,11H2,1H3,(H,17,19)/t12-/m0/s1. The molecule has 1 N–H and O–H groups in total. The van der Waals surface area contributed by atoms with E-state index in [1.54, 1.807) is 18.6 Å². The molecule has 1 saturated heterocycles. The van der Waals surface area contributed by atoms with E-state index in [1.165, 1.54) is 0 Å². The van der Waals surface area contributed by atoms with Crippen molar-refractivity contribution in [2.24, 2.45) is 0 Å². The monoisotopic (exact) mass is 278 g/mol. The second kappa shape index (κ2) is 7.67. The highest BCUT2D eigenvalue weighted by atomic mass is 16.5. The fourth-order valence-electron chi connectivity index (χ4n) is 2.28. The quantitative estimate of drug-likeness (QED) is 0.834. The zero-order valence-corrected chi connectivity index (χ0v) is 11.9. The Kier molecular flexibility index (Phi) is 5.58. The molecule has 0 bridgehead atoms. The Labute approximate surface area is 119 Å². The fraction of sp³-hybridized carbons (Fsp3) is 0.643. The van der Waals surface area contributed by atoms with Crippen LogP contribution in [-0.4, -0.2) is 41.8 Å². The van der Waals surface area contributed by atoms with E-state index >= 15 is 0 Å². The normalized spacial score (nSPS) is 18.6. The first-order chi connectivity index (χ1) is 9.79. The number of anilines is 1. The SMILES string of the molecule is CCCCOC(=O)N[C@H]1CCCN(c2cnccn2)C1. The minimum atomic E-state index is -0.315. The Morgan fingerprint density at radius 2 is 2.45 bits per heavy atom. The number of amides is 1.